The molecule has 0 saturated carbocycles. The Morgan fingerprint density at radius 2 is 2.07 bits per heavy atom. The second-order valence-electron chi connectivity index (χ2n) is 5.95. The fraction of sp³-hybridized carbons (Fsp3) is 0.222. The fourth-order valence-corrected chi connectivity index (χ4v) is 3.94. The molecule has 3 aromatic rings. The summed E-state index contributed by atoms with van der Waals surface area (Å²) in [5.74, 6) is 1.12. The summed E-state index contributed by atoms with van der Waals surface area (Å²) in [4.78, 5) is 4.34. The van der Waals surface area contributed by atoms with Crippen molar-refractivity contribution in [2.45, 2.75) is 17.7 Å². The second kappa shape index (κ2) is 8.68. The molecule has 0 atom stereocenters. The highest BCUT2D eigenvalue weighted by molar-refractivity contribution is 7.89. The van der Waals surface area contributed by atoms with Crippen molar-refractivity contribution in [3.8, 4) is 5.75 Å². The highest BCUT2D eigenvalue weighted by Gasteiger charge is 2.16. The third kappa shape index (κ3) is 5.06. The van der Waals surface area contributed by atoms with Crippen LogP contribution in [-0.2, 0) is 22.9 Å². The molecule has 0 unspecified atom stereocenters. The lowest BCUT2D eigenvalue weighted by molar-refractivity contribution is 0.414. The van der Waals surface area contributed by atoms with Crippen molar-refractivity contribution >= 4 is 21.6 Å². The average Bonchev–Trinajstić information content (AvgIpc) is 3.08. The number of halogens is 2. The highest BCUT2D eigenvalue weighted by Crippen LogP contribution is 2.26. The van der Waals surface area contributed by atoms with Crippen molar-refractivity contribution in [1.29, 1.82) is 0 Å². The molecule has 10 heteroatoms. The molecule has 2 aromatic carbocycles. The van der Waals surface area contributed by atoms with Crippen LogP contribution < -0.4 is 9.46 Å². The van der Waals surface area contributed by atoms with Gasteiger partial charge in [0, 0.05) is 19.4 Å². The number of sulfonamides is 1. The lowest BCUT2D eigenvalue weighted by atomic mass is 10.1. The number of nitrogens with one attached hydrogen (secondary N) is 2. The first-order chi connectivity index (χ1) is 13.4. The number of hydrogen-bond donors (Lipinski definition) is 2. The molecule has 0 spiro atoms. The number of methoxy groups -OCH3 is 1. The number of H-pyrrole nitrogens is 1. The van der Waals surface area contributed by atoms with E-state index in [0.717, 1.165) is 5.56 Å². The van der Waals surface area contributed by atoms with E-state index < -0.39 is 10.0 Å². The molecule has 0 radical (unpaired) electrons. The van der Waals surface area contributed by atoms with E-state index in [-0.39, 0.29) is 22.3 Å². The fourth-order valence-electron chi connectivity index (χ4n) is 2.56. The Bertz CT molecular complexity index is 1070. The topological polar surface area (TPSA) is 97.0 Å². The number of nitrogens with zero attached hydrogens (tertiary/aromatic N) is 2. The number of rotatable bonds is 8. The molecule has 0 amide bonds. The average molecular weight is 425 g/mol. The molecule has 0 saturated heterocycles. The summed E-state index contributed by atoms with van der Waals surface area (Å²) in [5.41, 5.74) is 0.764. The van der Waals surface area contributed by atoms with E-state index in [2.05, 4.69) is 19.9 Å². The Kier molecular flexibility index (Phi) is 6.28. The van der Waals surface area contributed by atoms with Gasteiger partial charge in [-0.15, -0.1) is 0 Å². The Labute approximate surface area is 167 Å². The monoisotopic (exact) mass is 424 g/mol. The van der Waals surface area contributed by atoms with E-state index in [0.29, 0.717) is 30.2 Å². The summed E-state index contributed by atoms with van der Waals surface area (Å²) in [7, 11) is -2.27. The number of ether oxygens (including phenoxy) is 1. The standard InChI is InChI=1S/C18H18ClFN4O3S/c1-27-16-6-5-14(11-15(16)19)28(25,26)21-8-7-17-22-18(24-23-17)10-12-3-2-4-13(20)9-12/h2-6,9,11,21H,7-8,10H2,1H3,(H,22,23,24). The molecule has 0 fully saturated rings. The van der Waals surface area contributed by atoms with E-state index in [4.69, 9.17) is 16.3 Å². The largest absolute Gasteiger partial charge is 0.495 e. The Morgan fingerprint density at radius 1 is 1.25 bits per heavy atom. The maximum Gasteiger partial charge on any atom is 0.240 e. The van der Waals surface area contributed by atoms with Crippen molar-refractivity contribution in [3.05, 3.63) is 70.5 Å². The predicted molar refractivity (Wildman–Crippen MR) is 102 cm³/mol. The smallest absolute Gasteiger partial charge is 0.240 e. The molecule has 3 rings (SSSR count). The molecule has 2 N–H and O–H groups in total. The summed E-state index contributed by atoms with van der Waals surface area (Å²) < 4.78 is 45.4. The van der Waals surface area contributed by atoms with Crippen LogP contribution in [0.4, 0.5) is 4.39 Å². The number of hydrogen-bond acceptors (Lipinski definition) is 5. The van der Waals surface area contributed by atoms with Gasteiger partial charge in [-0.2, -0.15) is 5.10 Å². The van der Waals surface area contributed by atoms with Crippen LogP contribution >= 0.6 is 11.6 Å². The minimum atomic E-state index is -3.72. The normalized spacial score (nSPS) is 11.5. The molecule has 1 heterocycles. The molecule has 0 aliphatic carbocycles. The predicted octanol–water partition coefficient (Wildman–Crippen LogP) is 2.72. The van der Waals surface area contributed by atoms with Crippen LogP contribution in [0.5, 0.6) is 5.75 Å². The van der Waals surface area contributed by atoms with Gasteiger partial charge in [-0.1, -0.05) is 23.7 Å². The third-order valence-electron chi connectivity index (χ3n) is 3.91. The first-order valence-electron chi connectivity index (χ1n) is 8.35. The van der Waals surface area contributed by atoms with Crippen LogP contribution in [0.25, 0.3) is 0 Å². The van der Waals surface area contributed by atoms with Crippen molar-refractivity contribution in [1.82, 2.24) is 19.9 Å². The zero-order chi connectivity index (χ0) is 20.1. The molecule has 0 aliphatic heterocycles. The van der Waals surface area contributed by atoms with Crippen LogP contribution in [0, 0.1) is 5.82 Å². The number of aromatic amines is 1. The minimum Gasteiger partial charge on any atom is -0.495 e. The highest BCUT2D eigenvalue weighted by atomic mass is 35.5. The van der Waals surface area contributed by atoms with Gasteiger partial charge in [0.25, 0.3) is 0 Å². The zero-order valence-electron chi connectivity index (χ0n) is 14.9. The van der Waals surface area contributed by atoms with Gasteiger partial charge in [0.15, 0.2) is 5.82 Å². The van der Waals surface area contributed by atoms with Gasteiger partial charge >= 0.3 is 0 Å². The SMILES string of the molecule is COc1ccc(S(=O)(=O)NCCc2n[nH]c(Cc3cccc(F)c3)n2)cc1Cl. The summed E-state index contributed by atoms with van der Waals surface area (Å²) >= 11 is 5.98. The summed E-state index contributed by atoms with van der Waals surface area (Å²) in [6.45, 7) is 0.114. The maximum atomic E-state index is 13.2. The van der Waals surface area contributed by atoms with Gasteiger partial charge < -0.3 is 4.74 Å². The molecular weight excluding hydrogens is 407 g/mol. The zero-order valence-corrected chi connectivity index (χ0v) is 16.5. The quantitative estimate of drug-likeness (QED) is 0.579. The Balaban J connectivity index is 1.57. The van der Waals surface area contributed by atoms with Gasteiger partial charge in [-0.3, -0.25) is 5.10 Å². The molecule has 0 bridgehead atoms. The van der Waals surface area contributed by atoms with Gasteiger partial charge in [0.05, 0.1) is 17.0 Å². The maximum absolute atomic E-state index is 13.2. The molecule has 0 aliphatic rings. The van der Waals surface area contributed by atoms with Crippen LogP contribution in [0.1, 0.15) is 17.2 Å². The van der Waals surface area contributed by atoms with E-state index in [1.165, 1.54) is 37.4 Å². The van der Waals surface area contributed by atoms with Crippen LogP contribution in [0.3, 0.4) is 0 Å². The van der Waals surface area contributed by atoms with Crippen molar-refractivity contribution < 1.29 is 17.5 Å². The van der Waals surface area contributed by atoms with E-state index in [9.17, 15) is 12.8 Å². The molecular formula is C18H18ClFN4O3S. The Hall–Kier alpha value is -2.49. The van der Waals surface area contributed by atoms with Crippen LogP contribution in [-0.4, -0.2) is 37.3 Å². The summed E-state index contributed by atoms with van der Waals surface area (Å²) in [6.07, 6.45) is 0.698. The molecule has 1 aromatic heterocycles. The summed E-state index contributed by atoms with van der Waals surface area (Å²) in [6, 6.07) is 10.4. The van der Waals surface area contributed by atoms with Crippen molar-refractivity contribution in [2.75, 3.05) is 13.7 Å². The van der Waals surface area contributed by atoms with E-state index in [1.807, 2.05) is 0 Å². The Morgan fingerprint density at radius 3 is 2.79 bits per heavy atom. The van der Waals surface area contributed by atoms with Gasteiger partial charge in [-0.25, -0.2) is 22.5 Å². The second-order valence-corrected chi connectivity index (χ2v) is 8.12. The lowest BCUT2D eigenvalue weighted by Gasteiger charge is -2.08. The van der Waals surface area contributed by atoms with Crippen LogP contribution in [0.2, 0.25) is 5.02 Å². The third-order valence-corrected chi connectivity index (χ3v) is 5.67. The van der Waals surface area contributed by atoms with Gasteiger partial charge in [-0.05, 0) is 35.9 Å². The van der Waals surface area contributed by atoms with Gasteiger partial charge in [0.1, 0.15) is 17.4 Å². The van der Waals surface area contributed by atoms with E-state index in [1.54, 1.807) is 12.1 Å². The number of benzene rings is 2. The first kappa shape index (κ1) is 20.2. The van der Waals surface area contributed by atoms with Crippen LogP contribution in [0.15, 0.2) is 47.4 Å². The number of aromatic nitrogens is 3. The van der Waals surface area contributed by atoms with Crippen molar-refractivity contribution in [3.63, 3.8) is 0 Å². The van der Waals surface area contributed by atoms with Gasteiger partial charge in [0.2, 0.25) is 10.0 Å². The molecule has 148 valence electrons. The first-order valence-corrected chi connectivity index (χ1v) is 10.2. The lowest BCUT2D eigenvalue weighted by Crippen LogP contribution is -2.26. The molecule has 7 nitrogen and oxygen atoms in total. The summed E-state index contributed by atoms with van der Waals surface area (Å²) in [5, 5.41) is 7.05. The molecule has 28 heavy (non-hydrogen) atoms. The van der Waals surface area contributed by atoms with Crippen molar-refractivity contribution in [2.24, 2.45) is 0 Å². The van der Waals surface area contributed by atoms with E-state index >= 15 is 0 Å². The minimum absolute atomic E-state index is 0.0417.